The summed E-state index contributed by atoms with van der Waals surface area (Å²) in [5.74, 6) is 2.81. The van der Waals surface area contributed by atoms with Crippen LogP contribution in [-0.4, -0.2) is 40.9 Å². The molecule has 1 aromatic heterocycles. The number of unbranched alkanes of at least 4 members (excludes halogenated alkanes) is 1. The van der Waals surface area contributed by atoms with Crippen LogP contribution >= 0.6 is 0 Å². The Balaban J connectivity index is 1.46. The summed E-state index contributed by atoms with van der Waals surface area (Å²) < 4.78 is 16.6. The minimum atomic E-state index is 0.101. The topological polar surface area (TPSA) is 77.7 Å². The predicted molar refractivity (Wildman–Crippen MR) is 93.9 cm³/mol. The molecule has 138 valence electrons. The van der Waals surface area contributed by atoms with Gasteiger partial charge < -0.3 is 18.8 Å². The van der Waals surface area contributed by atoms with Crippen molar-refractivity contribution in [1.82, 2.24) is 15.1 Å². The molecule has 0 saturated carbocycles. The van der Waals surface area contributed by atoms with Gasteiger partial charge in [0.05, 0.1) is 5.92 Å². The fourth-order valence-corrected chi connectivity index (χ4v) is 3.44. The van der Waals surface area contributed by atoms with Crippen molar-refractivity contribution < 1.29 is 18.7 Å². The number of benzene rings is 1. The van der Waals surface area contributed by atoms with Crippen LogP contribution in [0.25, 0.3) is 11.5 Å². The Kier molecular flexibility index (Phi) is 4.77. The lowest BCUT2D eigenvalue weighted by Crippen LogP contribution is -2.39. The van der Waals surface area contributed by atoms with Crippen LogP contribution in [0.1, 0.15) is 50.8 Å². The van der Waals surface area contributed by atoms with E-state index in [2.05, 4.69) is 17.1 Å². The van der Waals surface area contributed by atoms with Crippen LogP contribution in [-0.2, 0) is 4.79 Å². The fourth-order valence-electron chi connectivity index (χ4n) is 3.44. The second kappa shape index (κ2) is 7.35. The zero-order valence-electron chi connectivity index (χ0n) is 14.9. The molecule has 2 aliphatic rings. The Labute approximate surface area is 152 Å². The number of carbonyl (C=O) groups is 1. The number of likely N-dealkylation sites (tertiary alicyclic amines) is 1. The van der Waals surface area contributed by atoms with Gasteiger partial charge in [0.15, 0.2) is 11.5 Å². The second-order valence-corrected chi connectivity index (χ2v) is 6.80. The third-order valence-electron chi connectivity index (χ3n) is 4.93. The molecule has 1 saturated heterocycles. The number of amides is 1. The predicted octanol–water partition coefficient (Wildman–Crippen LogP) is 3.36. The van der Waals surface area contributed by atoms with Crippen molar-refractivity contribution in [2.75, 3.05) is 19.9 Å². The summed E-state index contributed by atoms with van der Waals surface area (Å²) in [6.07, 6.45) is 4.51. The van der Waals surface area contributed by atoms with E-state index in [9.17, 15) is 4.79 Å². The number of rotatable bonds is 5. The summed E-state index contributed by atoms with van der Waals surface area (Å²) >= 11 is 0. The highest BCUT2D eigenvalue weighted by Gasteiger charge is 2.28. The quantitative estimate of drug-likeness (QED) is 0.816. The largest absolute Gasteiger partial charge is 0.454 e. The SMILES string of the molecule is CCCCC(=O)N1CCC[C@@H](c2nnc(-c3ccc4c(c3)OCO4)o2)C1. The van der Waals surface area contributed by atoms with Gasteiger partial charge in [0.1, 0.15) is 0 Å². The molecule has 0 radical (unpaired) electrons. The molecule has 1 atom stereocenters. The number of fused-ring (bicyclic) bond motifs is 1. The number of nitrogens with zero attached hydrogens (tertiary/aromatic N) is 3. The van der Waals surface area contributed by atoms with Crippen molar-refractivity contribution >= 4 is 5.91 Å². The second-order valence-electron chi connectivity index (χ2n) is 6.80. The molecule has 26 heavy (non-hydrogen) atoms. The van der Waals surface area contributed by atoms with E-state index in [1.165, 1.54) is 0 Å². The van der Waals surface area contributed by atoms with Crippen LogP contribution in [0.2, 0.25) is 0 Å². The molecule has 7 nitrogen and oxygen atoms in total. The first-order valence-electron chi connectivity index (χ1n) is 9.26. The number of ether oxygens (including phenoxy) is 2. The average Bonchev–Trinajstić information content (AvgIpc) is 3.34. The van der Waals surface area contributed by atoms with Gasteiger partial charge in [-0.3, -0.25) is 4.79 Å². The average molecular weight is 357 g/mol. The van der Waals surface area contributed by atoms with Crippen molar-refractivity contribution in [3.8, 4) is 23.0 Å². The van der Waals surface area contributed by atoms with E-state index >= 15 is 0 Å². The Morgan fingerprint density at radius 3 is 3.04 bits per heavy atom. The van der Waals surface area contributed by atoms with Gasteiger partial charge in [0, 0.05) is 25.1 Å². The summed E-state index contributed by atoms with van der Waals surface area (Å²) in [4.78, 5) is 14.2. The highest BCUT2D eigenvalue weighted by Crippen LogP contribution is 2.36. The van der Waals surface area contributed by atoms with E-state index < -0.39 is 0 Å². The molecule has 0 spiro atoms. The maximum absolute atomic E-state index is 12.3. The maximum Gasteiger partial charge on any atom is 0.247 e. The summed E-state index contributed by atoms with van der Waals surface area (Å²) in [6.45, 7) is 3.81. The molecule has 0 bridgehead atoms. The van der Waals surface area contributed by atoms with Crippen molar-refractivity contribution in [3.05, 3.63) is 24.1 Å². The lowest BCUT2D eigenvalue weighted by atomic mass is 9.97. The smallest absolute Gasteiger partial charge is 0.247 e. The van der Waals surface area contributed by atoms with E-state index in [0.29, 0.717) is 30.5 Å². The Morgan fingerprint density at radius 2 is 2.15 bits per heavy atom. The van der Waals surface area contributed by atoms with E-state index in [0.717, 1.165) is 43.5 Å². The molecule has 0 aliphatic carbocycles. The Morgan fingerprint density at radius 1 is 1.27 bits per heavy atom. The Bertz CT molecular complexity index is 789. The molecule has 0 unspecified atom stereocenters. The minimum Gasteiger partial charge on any atom is -0.454 e. The third kappa shape index (κ3) is 3.38. The first kappa shape index (κ1) is 16.9. The molecule has 7 heteroatoms. The summed E-state index contributed by atoms with van der Waals surface area (Å²) in [5, 5.41) is 8.43. The molecule has 2 aromatic rings. The van der Waals surface area contributed by atoms with Crippen molar-refractivity contribution in [2.45, 2.75) is 44.9 Å². The first-order valence-corrected chi connectivity index (χ1v) is 9.26. The minimum absolute atomic E-state index is 0.101. The fraction of sp³-hybridized carbons (Fsp3) is 0.526. The van der Waals surface area contributed by atoms with Crippen LogP contribution in [0.3, 0.4) is 0 Å². The molecule has 1 amide bonds. The number of hydrogen-bond acceptors (Lipinski definition) is 6. The van der Waals surface area contributed by atoms with Crippen molar-refractivity contribution in [2.24, 2.45) is 0 Å². The highest BCUT2D eigenvalue weighted by molar-refractivity contribution is 5.76. The van der Waals surface area contributed by atoms with Gasteiger partial charge in [-0.25, -0.2) is 0 Å². The zero-order chi connectivity index (χ0) is 17.9. The Hall–Kier alpha value is -2.57. The van der Waals surface area contributed by atoms with E-state index in [1.807, 2.05) is 23.1 Å². The van der Waals surface area contributed by atoms with Crippen molar-refractivity contribution in [3.63, 3.8) is 0 Å². The standard InChI is InChI=1S/C19H23N3O4/c1-2-3-6-17(23)22-9-4-5-14(11-22)19-21-20-18(26-19)13-7-8-15-16(10-13)25-12-24-15/h7-8,10,14H,2-6,9,11-12H2,1H3/t14-/m1/s1. The molecule has 2 aliphatic heterocycles. The van der Waals surface area contributed by atoms with Gasteiger partial charge in [0.2, 0.25) is 24.5 Å². The number of aromatic nitrogens is 2. The molecule has 3 heterocycles. The van der Waals surface area contributed by atoms with E-state index in [1.54, 1.807) is 0 Å². The van der Waals surface area contributed by atoms with Crippen LogP contribution in [0, 0.1) is 0 Å². The van der Waals surface area contributed by atoms with Gasteiger partial charge in [-0.1, -0.05) is 13.3 Å². The summed E-state index contributed by atoms with van der Waals surface area (Å²) in [6, 6.07) is 5.57. The van der Waals surface area contributed by atoms with Crippen LogP contribution in [0.5, 0.6) is 11.5 Å². The normalized spacial score (nSPS) is 19.0. The van der Waals surface area contributed by atoms with Crippen LogP contribution in [0.4, 0.5) is 0 Å². The van der Waals surface area contributed by atoms with Gasteiger partial charge in [-0.15, -0.1) is 10.2 Å². The lowest BCUT2D eigenvalue weighted by Gasteiger charge is -2.31. The first-order chi connectivity index (χ1) is 12.7. The van der Waals surface area contributed by atoms with Gasteiger partial charge in [-0.05, 0) is 37.5 Å². The zero-order valence-corrected chi connectivity index (χ0v) is 14.9. The molecule has 1 aromatic carbocycles. The van der Waals surface area contributed by atoms with Gasteiger partial charge in [0.25, 0.3) is 0 Å². The summed E-state index contributed by atoms with van der Waals surface area (Å²) in [7, 11) is 0. The molecule has 1 fully saturated rings. The third-order valence-corrected chi connectivity index (χ3v) is 4.93. The number of hydrogen-bond donors (Lipinski definition) is 0. The molecule has 0 N–H and O–H groups in total. The molecule has 4 rings (SSSR count). The number of carbonyl (C=O) groups excluding carboxylic acids is 1. The van der Waals surface area contributed by atoms with Crippen molar-refractivity contribution in [1.29, 1.82) is 0 Å². The lowest BCUT2D eigenvalue weighted by molar-refractivity contribution is -0.132. The van der Waals surface area contributed by atoms with Gasteiger partial charge in [-0.2, -0.15) is 0 Å². The molecular formula is C19H23N3O4. The summed E-state index contributed by atoms with van der Waals surface area (Å²) in [5.41, 5.74) is 0.805. The van der Waals surface area contributed by atoms with Crippen LogP contribution in [0.15, 0.2) is 22.6 Å². The van der Waals surface area contributed by atoms with E-state index in [4.69, 9.17) is 13.9 Å². The monoisotopic (exact) mass is 357 g/mol. The highest BCUT2D eigenvalue weighted by atomic mass is 16.7. The van der Waals surface area contributed by atoms with Crippen LogP contribution < -0.4 is 9.47 Å². The van der Waals surface area contributed by atoms with Gasteiger partial charge >= 0.3 is 0 Å². The molecular weight excluding hydrogens is 334 g/mol. The number of piperidine rings is 1. The maximum atomic E-state index is 12.3. The van der Waals surface area contributed by atoms with E-state index in [-0.39, 0.29) is 18.6 Å².